The molecule has 6 heteroatoms. The van der Waals surface area contributed by atoms with Crippen molar-refractivity contribution in [2.75, 3.05) is 7.11 Å². The highest BCUT2D eigenvalue weighted by atomic mass is 79.9. The van der Waals surface area contributed by atoms with Crippen molar-refractivity contribution in [2.24, 2.45) is 10.9 Å². The number of amidine groups is 1. The molecule has 0 saturated heterocycles. The van der Waals surface area contributed by atoms with Gasteiger partial charge in [0, 0.05) is 4.47 Å². The number of rotatable bonds is 5. The summed E-state index contributed by atoms with van der Waals surface area (Å²) in [6.07, 6.45) is 0. The number of hydrogen-bond donors (Lipinski definition) is 2. The van der Waals surface area contributed by atoms with Gasteiger partial charge in [0.1, 0.15) is 18.1 Å². The normalized spacial score (nSPS) is 11.2. The van der Waals surface area contributed by atoms with Crippen LogP contribution in [0.2, 0.25) is 0 Å². The van der Waals surface area contributed by atoms with Crippen molar-refractivity contribution in [3.63, 3.8) is 0 Å². The number of hydrogen-bond acceptors (Lipinski definition) is 4. The first-order valence-electron chi connectivity index (χ1n) is 6.17. The SMILES string of the molecule is COc1cc(COc2cccc(Br)c2)ccc1/C(N)=N/O. The Morgan fingerprint density at radius 3 is 2.76 bits per heavy atom. The van der Waals surface area contributed by atoms with Gasteiger partial charge in [-0.05, 0) is 35.9 Å². The Labute approximate surface area is 131 Å². The highest BCUT2D eigenvalue weighted by Crippen LogP contribution is 2.22. The minimum Gasteiger partial charge on any atom is -0.496 e. The van der Waals surface area contributed by atoms with E-state index in [1.54, 1.807) is 12.1 Å². The number of halogens is 1. The molecule has 0 fully saturated rings. The number of benzene rings is 2. The van der Waals surface area contributed by atoms with Crippen LogP contribution in [0, 0.1) is 0 Å². The maximum absolute atomic E-state index is 8.73. The van der Waals surface area contributed by atoms with Gasteiger partial charge >= 0.3 is 0 Å². The Morgan fingerprint density at radius 1 is 1.29 bits per heavy atom. The zero-order chi connectivity index (χ0) is 15.2. The molecule has 0 unspecified atom stereocenters. The topological polar surface area (TPSA) is 77.1 Å². The molecular weight excluding hydrogens is 336 g/mol. The van der Waals surface area contributed by atoms with Gasteiger partial charge in [-0.15, -0.1) is 0 Å². The predicted molar refractivity (Wildman–Crippen MR) is 84.0 cm³/mol. The standard InChI is InChI=1S/C15H15BrN2O3/c1-20-14-7-10(5-6-13(14)15(17)18-19)9-21-12-4-2-3-11(16)8-12/h2-8,19H,9H2,1H3,(H2,17,18). The Balaban J connectivity index is 2.14. The highest BCUT2D eigenvalue weighted by molar-refractivity contribution is 9.10. The van der Waals surface area contributed by atoms with Crippen LogP contribution in [0.4, 0.5) is 0 Å². The van der Waals surface area contributed by atoms with Gasteiger partial charge in [-0.1, -0.05) is 33.2 Å². The molecule has 0 aliphatic carbocycles. The zero-order valence-electron chi connectivity index (χ0n) is 11.4. The summed E-state index contributed by atoms with van der Waals surface area (Å²) in [6.45, 7) is 0.392. The van der Waals surface area contributed by atoms with Crippen LogP contribution >= 0.6 is 15.9 Å². The maximum Gasteiger partial charge on any atom is 0.173 e. The quantitative estimate of drug-likeness (QED) is 0.376. The van der Waals surface area contributed by atoms with Crippen molar-refractivity contribution in [1.82, 2.24) is 0 Å². The Hall–Kier alpha value is -2.21. The molecule has 21 heavy (non-hydrogen) atoms. The summed E-state index contributed by atoms with van der Waals surface area (Å²) in [5.74, 6) is 1.30. The molecule has 2 aromatic rings. The fourth-order valence-electron chi connectivity index (χ4n) is 1.81. The van der Waals surface area contributed by atoms with Crippen LogP contribution in [0.5, 0.6) is 11.5 Å². The zero-order valence-corrected chi connectivity index (χ0v) is 13.0. The first-order valence-corrected chi connectivity index (χ1v) is 6.96. The third-order valence-electron chi connectivity index (χ3n) is 2.85. The third kappa shape index (κ3) is 3.88. The molecule has 5 nitrogen and oxygen atoms in total. The van der Waals surface area contributed by atoms with Gasteiger partial charge in [0.2, 0.25) is 0 Å². The number of methoxy groups -OCH3 is 1. The van der Waals surface area contributed by atoms with E-state index in [1.165, 1.54) is 7.11 Å². The average molecular weight is 351 g/mol. The van der Waals surface area contributed by atoms with Crippen LogP contribution in [0.3, 0.4) is 0 Å². The summed E-state index contributed by atoms with van der Waals surface area (Å²) >= 11 is 3.39. The molecule has 3 N–H and O–H groups in total. The second-order valence-electron chi connectivity index (χ2n) is 4.27. The fraction of sp³-hybridized carbons (Fsp3) is 0.133. The van der Waals surface area contributed by atoms with Crippen LogP contribution < -0.4 is 15.2 Å². The average Bonchev–Trinajstić information content (AvgIpc) is 2.52. The van der Waals surface area contributed by atoms with Crippen molar-refractivity contribution >= 4 is 21.8 Å². The molecule has 0 spiro atoms. The minimum absolute atomic E-state index is 0.00584. The van der Waals surface area contributed by atoms with E-state index in [-0.39, 0.29) is 5.84 Å². The van der Waals surface area contributed by atoms with E-state index in [9.17, 15) is 0 Å². The Morgan fingerprint density at radius 2 is 2.10 bits per heavy atom. The van der Waals surface area contributed by atoms with Gasteiger partial charge in [0.15, 0.2) is 5.84 Å². The van der Waals surface area contributed by atoms with Crippen molar-refractivity contribution in [3.8, 4) is 11.5 Å². The van der Waals surface area contributed by atoms with Gasteiger partial charge in [-0.25, -0.2) is 0 Å². The van der Waals surface area contributed by atoms with Crippen LogP contribution in [0.1, 0.15) is 11.1 Å². The summed E-state index contributed by atoms with van der Waals surface area (Å²) in [4.78, 5) is 0. The van der Waals surface area contributed by atoms with Crippen LogP contribution in [0.25, 0.3) is 0 Å². The second-order valence-corrected chi connectivity index (χ2v) is 5.18. The molecule has 2 aromatic carbocycles. The van der Waals surface area contributed by atoms with E-state index in [1.807, 2.05) is 30.3 Å². The lowest BCUT2D eigenvalue weighted by molar-refractivity contribution is 0.305. The molecule has 0 saturated carbocycles. The lowest BCUT2D eigenvalue weighted by atomic mass is 10.1. The molecule has 0 bridgehead atoms. The van der Waals surface area contributed by atoms with Crippen LogP contribution in [0.15, 0.2) is 52.1 Å². The fourth-order valence-corrected chi connectivity index (χ4v) is 2.19. The van der Waals surface area contributed by atoms with E-state index in [0.717, 1.165) is 15.8 Å². The van der Waals surface area contributed by atoms with E-state index in [2.05, 4.69) is 21.1 Å². The summed E-state index contributed by atoms with van der Waals surface area (Å²) in [5, 5.41) is 11.7. The maximum atomic E-state index is 8.73. The van der Waals surface area contributed by atoms with Crippen molar-refractivity contribution in [2.45, 2.75) is 6.61 Å². The van der Waals surface area contributed by atoms with Crippen LogP contribution in [-0.4, -0.2) is 18.2 Å². The van der Waals surface area contributed by atoms with Crippen molar-refractivity contribution < 1.29 is 14.7 Å². The summed E-state index contributed by atoms with van der Waals surface area (Å²) in [5.41, 5.74) is 7.04. The molecule has 0 radical (unpaired) electrons. The van der Waals surface area contributed by atoms with E-state index in [4.69, 9.17) is 20.4 Å². The molecule has 0 amide bonds. The molecule has 2 rings (SSSR count). The molecule has 0 heterocycles. The number of nitrogens with two attached hydrogens (primary N) is 1. The number of ether oxygens (including phenoxy) is 2. The van der Waals surface area contributed by atoms with E-state index >= 15 is 0 Å². The number of nitrogens with zero attached hydrogens (tertiary/aromatic N) is 1. The second kappa shape index (κ2) is 6.99. The molecule has 0 aliphatic heterocycles. The largest absolute Gasteiger partial charge is 0.496 e. The van der Waals surface area contributed by atoms with Gasteiger partial charge in [-0.3, -0.25) is 0 Å². The van der Waals surface area contributed by atoms with Gasteiger partial charge in [-0.2, -0.15) is 0 Å². The first-order chi connectivity index (χ1) is 10.1. The van der Waals surface area contributed by atoms with Crippen LogP contribution in [-0.2, 0) is 6.61 Å². The summed E-state index contributed by atoms with van der Waals surface area (Å²) in [7, 11) is 1.53. The van der Waals surface area contributed by atoms with Gasteiger partial charge in [0.05, 0.1) is 12.7 Å². The molecule has 0 aromatic heterocycles. The van der Waals surface area contributed by atoms with Gasteiger partial charge < -0.3 is 20.4 Å². The first kappa shape index (κ1) is 15.2. The summed E-state index contributed by atoms with van der Waals surface area (Å²) in [6, 6.07) is 13.0. The lowest BCUT2D eigenvalue weighted by Gasteiger charge is -2.11. The van der Waals surface area contributed by atoms with Gasteiger partial charge in [0.25, 0.3) is 0 Å². The minimum atomic E-state index is 0.00584. The van der Waals surface area contributed by atoms with Crippen molar-refractivity contribution in [1.29, 1.82) is 0 Å². The molecule has 110 valence electrons. The monoisotopic (exact) mass is 350 g/mol. The number of oxime groups is 1. The molecule has 0 aliphatic rings. The Kier molecular flexibility index (Phi) is 5.05. The summed E-state index contributed by atoms with van der Waals surface area (Å²) < 4.78 is 11.9. The Bertz CT molecular complexity index is 659. The third-order valence-corrected chi connectivity index (χ3v) is 3.34. The molecule has 0 atom stereocenters. The molecular formula is C15H15BrN2O3. The smallest absolute Gasteiger partial charge is 0.173 e. The van der Waals surface area contributed by atoms with E-state index < -0.39 is 0 Å². The van der Waals surface area contributed by atoms with E-state index in [0.29, 0.717) is 17.9 Å². The lowest BCUT2D eigenvalue weighted by Crippen LogP contribution is -2.14. The highest BCUT2D eigenvalue weighted by Gasteiger charge is 2.09. The predicted octanol–water partition coefficient (Wildman–Crippen LogP) is 3.13. The van der Waals surface area contributed by atoms with Crippen molar-refractivity contribution in [3.05, 3.63) is 58.1 Å².